The zero-order chi connectivity index (χ0) is 30.1. The van der Waals surface area contributed by atoms with Gasteiger partial charge >= 0.3 is 5.97 Å². The van der Waals surface area contributed by atoms with Gasteiger partial charge in [-0.15, -0.1) is 5.10 Å². The highest BCUT2D eigenvalue weighted by atomic mass is 35.5. The third kappa shape index (κ3) is 5.92. The van der Waals surface area contributed by atoms with Gasteiger partial charge in [0.25, 0.3) is 5.56 Å². The first-order valence-electron chi connectivity index (χ1n) is 13.4. The number of nitrogens with zero attached hydrogens (tertiary/aromatic N) is 6. The molecule has 3 N–H and O–H groups in total. The Kier molecular flexibility index (Phi) is 7.78. The van der Waals surface area contributed by atoms with Gasteiger partial charge in [0, 0.05) is 46.4 Å². The summed E-state index contributed by atoms with van der Waals surface area (Å²) in [6.45, 7) is 0. The standard InChI is InChI=1S/C29H24Cl2N8O4/c30-18-6-10-22(38-15-32-36-37-38)21(14-18)17-12-20-9-11-23(39(20)25(41)13-17)29-34-27(28(31)35-29)16-4-7-19(8-5-16)33-24(40)2-1-3-26(42)43/h4-8,10,12-15,23H,1-3,9,11H2,(H,33,40)(H,34,35)(H,42,43)/t23-/m0/s1. The van der Waals surface area contributed by atoms with Crippen molar-refractivity contribution in [3.8, 4) is 28.1 Å². The predicted octanol–water partition coefficient (Wildman–Crippen LogP) is 4.92. The SMILES string of the molecule is O=C(O)CCCC(=O)Nc1ccc(-c2[nH]c([C@@H]3CCc4cc(-c5cc(Cl)ccc5-n5cnnn5)cc(=O)n43)nc2Cl)cc1. The summed E-state index contributed by atoms with van der Waals surface area (Å²) in [5.74, 6) is -0.620. The van der Waals surface area contributed by atoms with E-state index >= 15 is 0 Å². The largest absolute Gasteiger partial charge is 0.481 e. The third-order valence-corrected chi connectivity index (χ3v) is 7.75. The first-order valence-corrected chi connectivity index (χ1v) is 14.2. The number of H-pyrrole nitrogens is 1. The van der Waals surface area contributed by atoms with Gasteiger partial charge in [0.15, 0.2) is 5.15 Å². The second kappa shape index (κ2) is 11.8. The van der Waals surface area contributed by atoms with Crippen molar-refractivity contribution in [2.45, 2.75) is 38.1 Å². The number of aromatic nitrogens is 7. The summed E-state index contributed by atoms with van der Waals surface area (Å²) in [5.41, 5.74) is 4.73. The Morgan fingerprint density at radius 2 is 1.86 bits per heavy atom. The number of aliphatic carboxylic acids is 1. The molecule has 0 spiro atoms. The number of hydrogen-bond donors (Lipinski definition) is 3. The van der Waals surface area contributed by atoms with Crippen LogP contribution in [0.3, 0.4) is 0 Å². The Morgan fingerprint density at radius 1 is 1.05 bits per heavy atom. The second-order valence-corrected chi connectivity index (χ2v) is 10.9. The normalized spacial score (nSPS) is 14.0. The highest BCUT2D eigenvalue weighted by Gasteiger charge is 2.29. The minimum atomic E-state index is -0.933. The molecule has 3 aromatic heterocycles. The number of carbonyl (C=O) groups excluding carboxylic acids is 1. The third-order valence-electron chi connectivity index (χ3n) is 7.24. The molecule has 0 fully saturated rings. The van der Waals surface area contributed by atoms with Gasteiger partial charge in [0.1, 0.15) is 12.2 Å². The van der Waals surface area contributed by atoms with Gasteiger partial charge in [-0.2, -0.15) is 4.68 Å². The molecule has 5 aromatic rings. The van der Waals surface area contributed by atoms with E-state index in [9.17, 15) is 14.4 Å². The minimum Gasteiger partial charge on any atom is -0.481 e. The van der Waals surface area contributed by atoms with Crippen molar-refractivity contribution in [2.24, 2.45) is 0 Å². The Hall–Kier alpha value is -4.81. The Morgan fingerprint density at radius 3 is 2.60 bits per heavy atom. The molecule has 0 saturated carbocycles. The number of nitrogens with one attached hydrogen (secondary N) is 2. The van der Waals surface area contributed by atoms with E-state index < -0.39 is 5.97 Å². The molecule has 12 nitrogen and oxygen atoms in total. The molecule has 1 aliphatic heterocycles. The molecule has 1 aliphatic rings. The first-order chi connectivity index (χ1) is 20.8. The predicted molar refractivity (Wildman–Crippen MR) is 159 cm³/mol. The molecule has 0 bridgehead atoms. The number of carboxylic acid groups (broad SMARTS) is 1. The summed E-state index contributed by atoms with van der Waals surface area (Å²) < 4.78 is 3.25. The summed E-state index contributed by atoms with van der Waals surface area (Å²) in [5, 5.41) is 23.7. The lowest BCUT2D eigenvalue weighted by atomic mass is 10.0. The first kappa shape index (κ1) is 28.3. The van der Waals surface area contributed by atoms with Crippen LogP contribution in [0.2, 0.25) is 10.2 Å². The van der Waals surface area contributed by atoms with Gasteiger partial charge in [0.2, 0.25) is 5.91 Å². The van der Waals surface area contributed by atoms with E-state index in [1.54, 1.807) is 53.1 Å². The zero-order valence-corrected chi connectivity index (χ0v) is 24.0. The second-order valence-electron chi connectivity index (χ2n) is 10.1. The molecule has 14 heteroatoms. The maximum atomic E-state index is 13.5. The number of carboxylic acids is 1. The van der Waals surface area contributed by atoms with Gasteiger partial charge in [-0.05, 0) is 71.7 Å². The van der Waals surface area contributed by atoms with E-state index in [0.29, 0.717) is 46.3 Å². The lowest BCUT2D eigenvalue weighted by molar-refractivity contribution is -0.137. The summed E-state index contributed by atoms with van der Waals surface area (Å²) in [4.78, 5) is 44.1. The molecule has 0 unspecified atom stereocenters. The number of carbonyl (C=O) groups is 2. The average molecular weight is 619 g/mol. The Labute approximate surface area is 254 Å². The minimum absolute atomic E-state index is 0.0590. The van der Waals surface area contributed by atoms with E-state index in [1.165, 1.54) is 11.0 Å². The maximum Gasteiger partial charge on any atom is 0.303 e. The number of amides is 1. The van der Waals surface area contributed by atoms with Crippen molar-refractivity contribution in [3.05, 3.63) is 93.0 Å². The number of benzene rings is 2. The molecule has 4 heterocycles. The van der Waals surface area contributed by atoms with Crippen LogP contribution in [0.1, 0.15) is 43.2 Å². The highest BCUT2D eigenvalue weighted by molar-refractivity contribution is 6.32. The van der Waals surface area contributed by atoms with Crippen LogP contribution < -0.4 is 10.9 Å². The van der Waals surface area contributed by atoms with Crippen LogP contribution in [0.5, 0.6) is 0 Å². The van der Waals surface area contributed by atoms with E-state index in [2.05, 4.69) is 30.8 Å². The number of pyridine rings is 1. The van der Waals surface area contributed by atoms with E-state index in [4.69, 9.17) is 28.3 Å². The molecular formula is C29H24Cl2N8O4. The molecule has 0 saturated heterocycles. The maximum absolute atomic E-state index is 13.5. The summed E-state index contributed by atoms with van der Waals surface area (Å²) in [6.07, 6.45) is 3.12. The number of fused-ring (bicyclic) bond motifs is 1. The lowest BCUT2D eigenvalue weighted by Crippen LogP contribution is -2.24. The van der Waals surface area contributed by atoms with Gasteiger partial charge in [-0.25, -0.2) is 4.98 Å². The fraction of sp³-hybridized carbons (Fsp3) is 0.207. The Bertz CT molecular complexity index is 1880. The number of halogens is 2. The van der Waals surface area contributed by atoms with E-state index in [-0.39, 0.29) is 41.9 Å². The van der Waals surface area contributed by atoms with Crippen LogP contribution in [0.25, 0.3) is 28.1 Å². The molecule has 1 amide bonds. The highest BCUT2D eigenvalue weighted by Crippen LogP contribution is 2.36. The van der Waals surface area contributed by atoms with Crippen molar-refractivity contribution >= 4 is 40.8 Å². The molecule has 6 rings (SSSR count). The number of aromatic amines is 1. The van der Waals surface area contributed by atoms with Crippen LogP contribution in [0.15, 0.2) is 65.7 Å². The summed E-state index contributed by atoms with van der Waals surface area (Å²) >= 11 is 12.8. The van der Waals surface area contributed by atoms with Gasteiger partial charge in [-0.3, -0.25) is 14.4 Å². The fourth-order valence-electron chi connectivity index (χ4n) is 5.28. The van der Waals surface area contributed by atoms with Gasteiger partial charge in [0.05, 0.1) is 17.4 Å². The fourth-order valence-corrected chi connectivity index (χ4v) is 5.70. The smallest absolute Gasteiger partial charge is 0.303 e. The quantitative estimate of drug-likeness (QED) is 0.210. The molecule has 218 valence electrons. The zero-order valence-electron chi connectivity index (χ0n) is 22.5. The van der Waals surface area contributed by atoms with Crippen LogP contribution in [0.4, 0.5) is 5.69 Å². The average Bonchev–Trinajstić information content (AvgIpc) is 3.73. The molecule has 0 radical (unpaired) electrons. The number of rotatable bonds is 9. The topological polar surface area (TPSA) is 161 Å². The number of imidazole rings is 1. The lowest BCUT2D eigenvalue weighted by Gasteiger charge is -2.15. The van der Waals surface area contributed by atoms with Crippen molar-refractivity contribution in [1.82, 2.24) is 34.7 Å². The van der Waals surface area contributed by atoms with Crippen molar-refractivity contribution in [2.75, 3.05) is 5.32 Å². The monoisotopic (exact) mass is 618 g/mol. The van der Waals surface area contributed by atoms with E-state index in [0.717, 1.165) is 16.8 Å². The number of aryl methyl sites for hydroxylation is 1. The van der Waals surface area contributed by atoms with Crippen LogP contribution in [-0.2, 0) is 16.0 Å². The van der Waals surface area contributed by atoms with Crippen LogP contribution in [0, 0.1) is 0 Å². The number of hydrogen-bond acceptors (Lipinski definition) is 7. The van der Waals surface area contributed by atoms with Gasteiger partial charge < -0.3 is 20.0 Å². The van der Waals surface area contributed by atoms with Gasteiger partial charge in [-0.1, -0.05) is 35.3 Å². The number of anilines is 1. The van der Waals surface area contributed by atoms with Crippen molar-refractivity contribution in [3.63, 3.8) is 0 Å². The van der Waals surface area contributed by atoms with E-state index in [1.807, 2.05) is 6.07 Å². The number of tetrazole rings is 1. The van der Waals surface area contributed by atoms with Crippen molar-refractivity contribution < 1.29 is 14.7 Å². The van der Waals surface area contributed by atoms with Crippen molar-refractivity contribution in [1.29, 1.82) is 0 Å². The molecule has 43 heavy (non-hydrogen) atoms. The molecule has 0 aliphatic carbocycles. The molecule has 1 atom stereocenters. The summed E-state index contributed by atoms with van der Waals surface area (Å²) in [7, 11) is 0. The van der Waals surface area contributed by atoms with Crippen LogP contribution >= 0.6 is 23.2 Å². The molecule has 2 aromatic carbocycles. The Balaban J connectivity index is 1.23. The summed E-state index contributed by atoms with van der Waals surface area (Å²) in [6, 6.07) is 15.6. The van der Waals surface area contributed by atoms with Crippen LogP contribution in [-0.4, -0.2) is 51.7 Å². The molecular weight excluding hydrogens is 595 g/mol.